The highest BCUT2D eigenvalue weighted by atomic mass is 16.5. The van der Waals surface area contributed by atoms with Crippen LogP contribution in [0.1, 0.15) is 12.8 Å². The summed E-state index contributed by atoms with van der Waals surface area (Å²) >= 11 is 0. The van der Waals surface area contributed by atoms with Gasteiger partial charge < -0.3 is 14.2 Å². The number of nitrogens with one attached hydrogen (secondary N) is 1. The number of likely N-dealkylation sites (tertiary alicyclic amines) is 1. The van der Waals surface area contributed by atoms with Crippen molar-refractivity contribution >= 4 is 16.8 Å². The van der Waals surface area contributed by atoms with Gasteiger partial charge in [0.1, 0.15) is 6.10 Å². The van der Waals surface area contributed by atoms with Gasteiger partial charge in [0, 0.05) is 49.6 Å². The standard InChI is InChI=1S/C20H20N4O4/c25-17-8-11-23(20(27)22-17)12-9-19(26)24-10-7-15(13-24)28-18-6-5-14-3-1-2-4-16(14)21-18/h1-6,8,11,15H,7,9-10,12-13H2,(H,22,25,27). The highest BCUT2D eigenvalue weighted by molar-refractivity contribution is 5.78. The molecule has 1 aliphatic rings. The van der Waals surface area contributed by atoms with E-state index in [4.69, 9.17) is 4.74 Å². The number of carbonyl (C=O) groups excluding carboxylic acids is 1. The number of amides is 1. The molecule has 1 aliphatic heterocycles. The predicted octanol–water partition coefficient (Wildman–Crippen LogP) is 1.15. The summed E-state index contributed by atoms with van der Waals surface area (Å²) < 4.78 is 7.28. The van der Waals surface area contributed by atoms with E-state index in [1.807, 2.05) is 36.4 Å². The number of rotatable bonds is 5. The first-order chi connectivity index (χ1) is 13.6. The number of aryl methyl sites for hydroxylation is 1. The molecule has 3 heterocycles. The Labute approximate surface area is 160 Å². The first kappa shape index (κ1) is 18.0. The van der Waals surface area contributed by atoms with Gasteiger partial charge in [-0.25, -0.2) is 9.78 Å². The Kier molecular flexibility index (Phi) is 4.92. The number of aromatic amines is 1. The molecule has 0 aliphatic carbocycles. The van der Waals surface area contributed by atoms with Gasteiger partial charge in [-0.15, -0.1) is 0 Å². The van der Waals surface area contributed by atoms with Gasteiger partial charge in [-0.3, -0.25) is 14.6 Å². The Bertz CT molecular complexity index is 1120. The fourth-order valence-electron chi connectivity index (χ4n) is 3.33. The highest BCUT2D eigenvalue weighted by Crippen LogP contribution is 2.20. The average molecular weight is 380 g/mol. The minimum atomic E-state index is -0.509. The van der Waals surface area contributed by atoms with Gasteiger partial charge in [0.25, 0.3) is 5.56 Å². The van der Waals surface area contributed by atoms with E-state index in [-0.39, 0.29) is 25.0 Å². The Morgan fingerprint density at radius 3 is 2.89 bits per heavy atom. The maximum atomic E-state index is 12.4. The van der Waals surface area contributed by atoms with E-state index >= 15 is 0 Å². The molecular formula is C20H20N4O4. The smallest absolute Gasteiger partial charge is 0.328 e. The molecule has 3 aromatic rings. The van der Waals surface area contributed by atoms with Crippen molar-refractivity contribution in [2.45, 2.75) is 25.5 Å². The van der Waals surface area contributed by atoms with E-state index in [0.29, 0.717) is 19.0 Å². The number of benzene rings is 1. The summed E-state index contributed by atoms with van der Waals surface area (Å²) in [6.45, 7) is 1.33. The van der Waals surface area contributed by atoms with Crippen molar-refractivity contribution in [3.63, 3.8) is 0 Å². The van der Waals surface area contributed by atoms with Gasteiger partial charge in [0.15, 0.2) is 0 Å². The third-order valence-corrected chi connectivity index (χ3v) is 4.82. The number of pyridine rings is 1. The highest BCUT2D eigenvalue weighted by Gasteiger charge is 2.27. The zero-order valence-corrected chi connectivity index (χ0v) is 15.2. The summed E-state index contributed by atoms with van der Waals surface area (Å²) in [5.41, 5.74) is -0.0861. The monoisotopic (exact) mass is 380 g/mol. The fraction of sp³-hybridized carbons (Fsp3) is 0.300. The molecule has 1 saturated heterocycles. The van der Waals surface area contributed by atoms with Gasteiger partial charge in [-0.1, -0.05) is 18.2 Å². The van der Waals surface area contributed by atoms with Crippen LogP contribution < -0.4 is 16.0 Å². The van der Waals surface area contributed by atoms with Gasteiger partial charge in [-0.2, -0.15) is 0 Å². The average Bonchev–Trinajstić information content (AvgIpc) is 3.15. The minimum Gasteiger partial charge on any atom is -0.472 e. The van der Waals surface area contributed by atoms with Crippen molar-refractivity contribution in [1.82, 2.24) is 19.4 Å². The molecule has 1 N–H and O–H groups in total. The molecule has 144 valence electrons. The van der Waals surface area contributed by atoms with Gasteiger partial charge in [0.05, 0.1) is 12.1 Å². The number of ether oxygens (including phenoxy) is 1. The Balaban J connectivity index is 1.33. The molecule has 0 bridgehead atoms. The first-order valence-corrected chi connectivity index (χ1v) is 9.18. The van der Waals surface area contributed by atoms with Gasteiger partial charge in [0.2, 0.25) is 11.8 Å². The summed E-state index contributed by atoms with van der Waals surface area (Å²) in [5.74, 6) is 0.508. The summed E-state index contributed by atoms with van der Waals surface area (Å²) in [7, 11) is 0. The van der Waals surface area contributed by atoms with E-state index in [9.17, 15) is 14.4 Å². The third kappa shape index (κ3) is 3.95. The maximum absolute atomic E-state index is 12.4. The van der Waals surface area contributed by atoms with Crippen LogP contribution in [0.15, 0.2) is 58.3 Å². The molecule has 8 heteroatoms. The van der Waals surface area contributed by atoms with Crippen molar-refractivity contribution in [2.24, 2.45) is 0 Å². The van der Waals surface area contributed by atoms with E-state index in [0.717, 1.165) is 17.3 Å². The first-order valence-electron chi connectivity index (χ1n) is 9.18. The van der Waals surface area contributed by atoms with Crippen LogP contribution in [0.2, 0.25) is 0 Å². The number of para-hydroxylation sites is 1. The lowest BCUT2D eigenvalue weighted by molar-refractivity contribution is -0.130. The second-order valence-corrected chi connectivity index (χ2v) is 6.76. The number of hydrogen-bond acceptors (Lipinski definition) is 5. The second kappa shape index (κ2) is 7.67. The molecule has 0 spiro atoms. The Hall–Kier alpha value is -3.42. The van der Waals surface area contributed by atoms with Crippen molar-refractivity contribution in [3.8, 4) is 5.88 Å². The molecule has 0 radical (unpaired) electrons. The van der Waals surface area contributed by atoms with Crippen molar-refractivity contribution < 1.29 is 9.53 Å². The zero-order chi connectivity index (χ0) is 19.5. The SMILES string of the molecule is O=C(CCn1ccc(=O)[nH]c1=O)N1CCC(Oc2ccc3ccccc3n2)C1. The lowest BCUT2D eigenvalue weighted by Crippen LogP contribution is -2.34. The molecule has 1 unspecified atom stereocenters. The molecule has 1 atom stereocenters. The predicted molar refractivity (Wildman–Crippen MR) is 103 cm³/mol. The molecule has 8 nitrogen and oxygen atoms in total. The van der Waals surface area contributed by atoms with Crippen LogP contribution >= 0.6 is 0 Å². The topological polar surface area (TPSA) is 97.3 Å². The number of hydrogen-bond donors (Lipinski definition) is 1. The van der Waals surface area contributed by atoms with Crippen LogP contribution in [-0.2, 0) is 11.3 Å². The van der Waals surface area contributed by atoms with Crippen LogP contribution in [0, 0.1) is 0 Å². The minimum absolute atomic E-state index is 0.0457. The molecular weight excluding hydrogens is 360 g/mol. The molecule has 28 heavy (non-hydrogen) atoms. The normalized spacial score (nSPS) is 16.4. The number of aromatic nitrogens is 3. The van der Waals surface area contributed by atoms with E-state index in [2.05, 4.69) is 9.97 Å². The van der Waals surface area contributed by atoms with Crippen LogP contribution in [0.3, 0.4) is 0 Å². The number of nitrogens with zero attached hydrogens (tertiary/aromatic N) is 3. The van der Waals surface area contributed by atoms with E-state index in [1.54, 1.807) is 4.90 Å². The van der Waals surface area contributed by atoms with Gasteiger partial charge in [-0.05, 0) is 12.1 Å². The summed E-state index contributed by atoms with van der Waals surface area (Å²) in [6.07, 6.45) is 2.22. The lowest BCUT2D eigenvalue weighted by atomic mass is 10.2. The van der Waals surface area contributed by atoms with Crippen LogP contribution in [0.25, 0.3) is 10.9 Å². The maximum Gasteiger partial charge on any atom is 0.328 e. The third-order valence-electron chi connectivity index (χ3n) is 4.82. The van der Waals surface area contributed by atoms with E-state index in [1.165, 1.54) is 16.8 Å². The summed E-state index contributed by atoms with van der Waals surface area (Å²) in [5, 5.41) is 1.05. The quantitative estimate of drug-likeness (QED) is 0.716. The zero-order valence-electron chi connectivity index (χ0n) is 15.2. The van der Waals surface area contributed by atoms with Crippen LogP contribution in [0.4, 0.5) is 0 Å². The molecule has 4 rings (SSSR count). The molecule has 0 saturated carbocycles. The largest absolute Gasteiger partial charge is 0.472 e. The van der Waals surface area contributed by atoms with Crippen molar-refractivity contribution in [3.05, 3.63) is 69.5 Å². The molecule has 2 aromatic heterocycles. The number of H-pyrrole nitrogens is 1. The van der Waals surface area contributed by atoms with Crippen LogP contribution in [0.5, 0.6) is 5.88 Å². The summed E-state index contributed by atoms with van der Waals surface area (Å²) in [4.78, 5) is 43.6. The summed E-state index contributed by atoms with van der Waals surface area (Å²) in [6, 6.07) is 12.9. The Morgan fingerprint density at radius 2 is 2.04 bits per heavy atom. The van der Waals surface area contributed by atoms with Crippen LogP contribution in [-0.4, -0.2) is 44.5 Å². The second-order valence-electron chi connectivity index (χ2n) is 6.76. The van der Waals surface area contributed by atoms with Crippen molar-refractivity contribution in [2.75, 3.05) is 13.1 Å². The molecule has 1 fully saturated rings. The lowest BCUT2D eigenvalue weighted by Gasteiger charge is -2.17. The fourth-order valence-corrected chi connectivity index (χ4v) is 3.33. The number of carbonyl (C=O) groups is 1. The van der Waals surface area contributed by atoms with Gasteiger partial charge >= 0.3 is 5.69 Å². The Morgan fingerprint density at radius 1 is 1.18 bits per heavy atom. The molecule has 1 amide bonds. The molecule has 1 aromatic carbocycles. The van der Waals surface area contributed by atoms with E-state index < -0.39 is 11.2 Å². The number of fused-ring (bicyclic) bond motifs is 1. The van der Waals surface area contributed by atoms with Crippen molar-refractivity contribution in [1.29, 1.82) is 0 Å².